The van der Waals surface area contributed by atoms with E-state index in [1.807, 2.05) is 12.1 Å². The highest BCUT2D eigenvalue weighted by Crippen LogP contribution is 2.30. The summed E-state index contributed by atoms with van der Waals surface area (Å²) in [5.74, 6) is 0. The smallest absolute Gasteiger partial charge is 0.207 e. The van der Waals surface area contributed by atoms with Gasteiger partial charge in [-0.3, -0.25) is 0 Å². The number of rotatable bonds is 5. The highest BCUT2D eigenvalue weighted by atomic mass is 35.7. The molecule has 0 aliphatic heterocycles. The fraction of sp³-hybridized carbons (Fsp3) is 0.538. The SMILES string of the molecule is CCCCC(C)(C)c1ccc(S(=O)(=O)Cl)cc1. The Labute approximate surface area is 108 Å². The number of benzene rings is 1. The van der Waals surface area contributed by atoms with Crippen molar-refractivity contribution in [2.75, 3.05) is 0 Å². The quantitative estimate of drug-likeness (QED) is 0.758. The minimum atomic E-state index is -3.61. The molecule has 0 aliphatic carbocycles. The summed E-state index contributed by atoms with van der Waals surface area (Å²) in [4.78, 5) is 0.161. The lowest BCUT2D eigenvalue weighted by Crippen LogP contribution is -2.16. The molecule has 0 aliphatic rings. The number of hydrogen-bond acceptors (Lipinski definition) is 2. The molecule has 0 heterocycles. The van der Waals surface area contributed by atoms with Crippen molar-refractivity contribution in [3.63, 3.8) is 0 Å². The van der Waals surface area contributed by atoms with Gasteiger partial charge in [-0.15, -0.1) is 0 Å². The van der Waals surface area contributed by atoms with Crippen LogP contribution in [0.25, 0.3) is 0 Å². The van der Waals surface area contributed by atoms with Crippen LogP contribution in [0.4, 0.5) is 0 Å². The molecule has 0 spiro atoms. The summed E-state index contributed by atoms with van der Waals surface area (Å²) >= 11 is 0. The van der Waals surface area contributed by atoms with Crippen LogP contribution in [0.3, 0.4) is 0 Å². The number of hydrogen-bond donors (Lipinski definition) is 0. The molecule has 2 nitrogen and oxygen atoms in total. The van der Waals surface area contributed by atoms with Gasteiger partial charge in [0.15, 0.2) is 0 Å². The predicted octanol–water partition coefficient (Wildman–Crippen LogP) is 4.08. The Morgan fingerprint density at radius 1 is 1.18 bits per heavy atom. The molecule has 0 atom stereocenters. The van der Waals surface area contributed by atoms with Crippen LogP contribution in [0.15, 0.2) is 29.2 Å². The molecule has 0 aromatic heterocycles. The summed E-state index contributed by atoms with van der Waals surface area (Å²) in [6, 6.07) is 6.85. The molecule has 0 unspecified atom stereocenters. The van der Waals surface area contributed by atoms with Gasteiger partial charge in [0.1, 0.15) is 0 Å². The Morgan fingerprint density at radius 3 is 2.12 bits per heavy atom. The Kier molecular flexibility index (Phi) is 4.62. The van der Waals surface area contributed by atoms with E-state index in [1.54, 1.807) is 12.1 Å². The molecule has 0 amide bonds. The van der Waals surface area contributed by atoms with Crippen molar-refractivity contribution in [2.24, 2.45) is 0 Å². The summed E-state index contributed by atoms with van der Waals surface area (Å²) in [6.07, 6.45) is 3.43. The fourth-order valence-corrected chi connectivity index (χ4v) is 2.60. The first kappa shape index (κ1) is 14.5. The standard InChI is InChI=1S/C13H19ClO2S/c1-4-5-10-13(2,3)11-6-8-12(9-7-11)17(14,15)16/h6-9H,4-5,10H2,1-3H3. The van der Waals surface area contributed by atoms with E-state index in [2.05, 4.69) is 20.8 Å². The maximum atomic E-state index is 11.1. The van der Waals surface area contributed by atoms with Crippen LogP contribution >= 0.6 is 10.7 Å². The average molecular weight is 275 g/mol. The lowest BCUT2D eigenvalue weighted by atomic mass is 9.80. The van der Waals surface area contributed by atoms with E-state index in [0.717, 1.165) is 18.4 Å². The third-order valence-corrected chi connectivity index (χ3v) is 4.44. The second-order valence-corrected chi connectivity index (χ2v) is 7.52. The second-order valence-electron chi connectivity index (χ2n) is 4.95. The van der Waals surface area contributed by atoms with E-state index in [-0.39, 0.29) is 10.3 Å². The number of unbranched alkanes of at least 4 members (excludes halogenated alkanes) is 1. The molecule has 0 bridgehead atoms. The van der Waals surface area contributed by atoms with Gasteiger partial charge in [0, 0.05) is 10.7 Å². The summed E-state index contributed by atoms with van der Waals surface area (Å²) in [5.41, 5.74) is 1.22. The van der Waals surface area contributed by atoms with Crippen LogP contribution in [0, 0.1) is 0 Å². The molecular formula is C13H19ClO2S. The molecule has 4 heteroatoms. The maximum Gasteiger partial charge on any atom is 0.261 e. The van der Waals surface area contributed by atoms with Gasteiger partial charge >= 0.3 is 0 Å². The van der Waals surface area contributed by atoms with Gasteiger partial charge in [-0.2, -0.15) is 0 Å². The molecule has 0 saturated carbocycles. The summed E-state index contributed by atoms with van der Waals surface area (Å²) in [5, 5.41) is 0. The highest BCUT2D eigenvalue weighted by Gasteiger charge is 2.20. The van der Waals surface area contributed by atoms with Gasteiger partial charge in [-0.25, -0.2) is 8.42 Å². The molecule has 0 fully saturated rings. The topological polar surface area (TPSA) is 34.1 Å². The van der Waals surface area contributed by atoms with Gasteiger partial charge in [0.25, 0.3) is 9.05 Å². The summed E-state index contributed by atoms with van der Waals surface area (Å²) in [7, 11) is 1.67. The lowest BCUT2D eigenvalue weighted by Gasteiger charge is -2.25. The molecule has 1 rings (SSSR count). The Morgan fingerprint density at radius 2 is 1.71 bits per heavy atom. The fourth-order valence-electron chi connectivity index (χ4n) is 1.83. The summed E-state index contributed by atoms with van der Waals surface area (Å²) in [6.45, 7) is 6.51. The van der Waals surface area contributed by atoms with E-state index in [1.165, 1.54) is 6.42 Å². The van der Waals surface area contributed by atoms with E-state index < -0.39 is 9.05 Å². The molecule has 0 radical (unpaired) electrons. The monoisotopic (exact) mass is 274 g/mol. The van der Waals surface area contributed by atoms with Crippen molar-refractivity contribution in [1.82, 2.24) is 0 Å². The van der Waals surface area contributed by atoms with Crippen molar-refractivity contribution < 1.29 is 8.42 Å². The highest BCUT2D eigenvalue weighted by molar-refractivity contribution is 8.13. The van der Waals surface area contributed by atoms with Gasteiger partial charge in [0.2, 0.25) is 0 Å². The zero-order valence-corrected chi connectivity index (χ0v) is 12.1. The second kappa shape index (κ2) is 5.40. The van der Waals surface area contributed by atoms with Crippen LogP contribution in [-0.2, 0) is 14.5 Å². The summed E-state index contributed by atoms with van der Waals surface area (Å²) < 4.78 is 22.3. The molecule has 1 aromatic carbocycles. The Balaban J connectivity index is 2.94. The zero-order chi connectivity index (χ0) is 13.1. The molecule has 0 N–H and O–H groups in total. The van der Waals surface area contributed by atoms with E-state index in [9.17, 15) is 8.42 Å². The van der Waals surface area contributed by atoms with Crippen molar-refractivity contribution in [2.45, 2.75) is 50.3 Å². The van der Waals surface area contributed by atoms with Crippen molar-refractivity contribution in [3.8, 4) is 0 Å². The van der Waals surface area contributed by atoms with Crippen LogP contribution in [0.1, 0.15) is 45.6 Å². The number of halogens is 1. The van der Waals surface area contributed by atoms with Crippen molar-refractivity contribution in [3.05, 3.63) is 29.8 Å². The maximum absolute atomic E-state index is 11.1. The first-order chi connectivity index (χ1) is 7.77. The normalized spacial score (nSPS) is 12.7. The van der Waals surface area contributed by atoms with Crippen molar-refractivity contribution in [1.29, 1.82) is 0 Å². The largest absolute Gasteiger partial charge is 0.261 e. The van der Waals surface area contributed by atoms with Crippen LogP contribution < -0.4 is 0 Å². The van der Waals surface area contributed by atoms with Gasteiger partial charge < -0.3 is 0 Å². The lowest BCUT2D eigenvalue weighted by molar-refractivity contribution is 0.457. The van der Waals surface area contributed by atoms with Crippen molar-refractivity contribution >= 4 is 19.7 Å². The average Bonchev–Trinajstić information content (AvgIpc) is 2.25. The minimum absolute atomic E-state index is 0.0740. The molecule has 0 saturated heterocycles. The van der Waals surface area contributed by atoms with Crippen LogP contribution in [0.5, 0.6) is 0 Å². The van der Waals surface area contributed by atoms with Gasteiger partial charge in [0.05, 0.1) is 4.90 Å². The molecule has 17 heavy (non-hydrogen) atoms. The van der Waals surface area contributed by atoms with Crippen LogP contribution in [0.2, 0.25) is 0 Å². The van der Waals surface area contributed by atoms with E-state index >= 15 is 0 Å². The van der Waals surface area contributed by atoms with E-state index in [0.29, 0.717) is 0 Å². The third kappa shape index (κ3) is 4.00. The minimum Gasteiger partial charge on any atom is -0.207 e. The first-order valence-corrected chi connectivity index (χ1v) is 8.13. The Bertz CT molecular complexity index is 461. The van der Waals surface area contributed by atoms with Gasteiger partial charge in [-0.05, 0) is 29.5 Å². The zero-order valence-electron chi connectivity index (χ0n) is 10.5. The Hall–Kier alpha value is -0.540. The van der Waals surface area contributed by atoms with Crippen LogP contribution in [-0.4, -0.2) is 8.42 Å². The first-order valence-electron chi connectivity index (χ1n) is 5.82. The van der Waals surface area contributed by atoms with Gasteiger partial charge in [-0.1, -0.05) is 45.7 Å². The predicted molar refractivity (Wildman–Crippen MR) is 72.0 cm³/mol. The third-order valence-electron chi connectivity index (χ3n) is 3.07. The molecule has 96 valence electrons. The van der Waals surface area contributed by atoms with E-state index in [4.69, 9.17) is 10.7 Å². The molecule has 1 aromatic rings. The molecular weight excluding hydrogens is 256 g/mol.